The van der Waals surface area contributed by atoms with Gasteiger partial charge < -0.3 is 40.2 Å². The molecule has 21 nitrogen and oxygen atoms in total. The maximum Gasteiger partial charge on any atom is 0.238 e. The van der Waals surface area contributed by atoms with Crippen molar-refractivity contribution >= 4 is 67.4 Å². The number of aromatic hydroxyl groups is 1. The third kappa shape index (κ3) is 12.9. The highest BCUT2D eigenvalue weighted by Gasteiger charge is 2.16. The number of thiophene rings is 1. The van der Waals surface area contributed by atoms with Crippen LogP contribution in [0.1, 0.15) is 22.4 Å². The number of nitrogens with two attached hydrogens (primary N) is 1. The Morgan fingerprint density at radius 2 is 1.23 bits per heavy atom. The van der Waals surface area contributed by atoms with Crippen LogP contribution in [0.25, 0.3) is 50.0 Å². The van der Waals surface area contributed by atoms with Gasteiger partial charge in [0, 0.05) is 96.8 Å². The maximum absolute atomic E-state index is 11.3. The average Bonchev–Trinajstić information content (AvgIpc) is 4.58. The first kappa shape index (κ1) is 54.9. The lowest BCUT2D eigenvalue weighted by Crippen LogP contribution is -2.12. The van der Waals surface area contributed by atoms with E-state index >= 15 is 0 Å². The number of methoxy groups -OCH3 is 2. The molecule has 4 aromatic carbocycles. The lowest BCUT2D eigenvalue weighted by molar-refractivity contribution is 0.285. The number of hydrogen-bond donors (Lipinski definition) is 6. The molecule has 0 saturated carbocycles. The number of aliphatic hydroxyl groups is 1. The van der Waals surface area contributed by atoms with E-state index in [0.29, 0.717) is 41.9 Å². The molecule has 412 valence electrons. The number of imidazole rings is 4. The highest BCUT2D eigenvalue weighted by atomic mass is 35.5. The molecule has 0 saturated heterocycles. The quantitative estimate of drug-likeness (QED) is 0.0437. The van der Waals surface area contributed by atoms with Crippen LogP contribution in [0.2, 0.25) is 5.02 Å². The normalized spacial score (nSPS) is 11.2. The largest absolute Gasteiger partial charge is 0.508 e. The molecule has 0 aliphatic heterocycles. The number of aromatic nitrogens is 11. The zero-order valence-electron chi connectivity index (χ0n) is 43.7. The van der Waals surface area contributed by atoms with Crippen molar-refractivity contribution in [3.63, 3.8) is 0 Å². The molecule has 0 unspecified atom stereocenters. The van der Waals surface area contributed by atoms with E-state index in [2.05, 4.69) is 55.4 Å². The van der Waals surface area contributed by atoms with E-state index in [1.54, 1.807) is 75.7 Å². The Morgan fingerprint density at radius 1 is 0.642 bits per heavy atom. The number of aryl methyl sites for hydroxylation is 1. The molecule has 0 bridgehead atoms. The number of aliphatic hydroxyl groups excluding tert-OH is 1. The number of sulfonamides is 1. The SMILES string of the molecule is COc1ccc(-c2cnc3c(NCCCn4ccnc4)nccn23)cc1OC.NS(=O)(=O)c1ccc(CNc2nccn3c(-c4ccc(CO)s4)cnc23)cc1.Oc1ccc(-c2cnc3c(NCc4ccccc4Cl)nccn23)cc1. The van der Waals surface area contributed by atoms with Gasteiger partial charge in [0.05, 0.1) is 72.6 Å². The van der Waals surface area contributed by atoms with Crippen LogP contribution in [0.3, 0.4) is 0 Å². The first-order chi connectivity index (χ1) is 39.5. The van der Waals surface area contributed by atoms with Crippen molar-refractivity contribution in [2.75, 3.05) is 36.7 Å². The molecule has 8 aromatic heterocycles. The predicted molar refractivity (Wildman–Crippen MR) is 313 cm³/mol. The Morgan fingerprint density at radius 3 is 1.83 bits per heavy atom. The number of nitrogens with zero attached hydrogens (tertiary/aromatic N) is 11. The molecule has 12 rings (SSSR count). The molecule has 7 N–H and O–H groups in total. The van der Waals surface area contributed by atoms with Crippen LogP contribution in [0.4, 0.5) is 17.5 Å². The first-order valence-corrected chi connectivity index (χ1v) is 27.9. The standard InChI is InChI=1S/C20H22N6O2.C19H15ClN4O.C18H17N5O3S2/c1-27-17-5-4-15(12-18(17)28-2)16-13-24-20-19(23-8-11-26(16)20)22-6-3-9-25-10-7-21-14-25;20-16-4-2-1-3-14(16)11-22-18-19-23-12-17(24(19)10-9-21-18)13-5-7-15(25)8-6-13;19-28(25,26)14-4-1-12(2-5-14)9-21-17-18-22-10-15(23(18)8-7-20-17)16-6-3-13(11-24)27-16/h4-5,7-8,10-14H,3,6,9H2,1-2H3,(H,22,23);1-10,12,25H,11H2,(H,21,22);1-8,10,24H,9,11H2,(H,20,21)(H2,19,25,26). The van der Waals surface area contributed by atoms with Crippen molar-refractivity contribution in [2.45, 2.75) is 37.6 Å². The second-order valence-electron chi connectivity index (χ2n) is 17.9. The number of phenols is 1. The molecule has 8 heterocycles. The molecule has 0 aliphatic rings. The Labute approximate surface area is 474 Å². The summed E-state index contributed by atoms with van der Waals surface area (Å²) in [7, 11) is -0.442. The van der Waals surface area contributed by atoms with Gasteiger partial charge in [0.1, 0.15) is 5.75 Å². The average molecular weight is 1140 g/mol. The number of primary sulfonamides is 1. The zero-order chi connectivity index (χ0) is 56.3. The smallest absolute Gasteiger partial charge is 0.238 e. The molecular weight excluding hydrogens is 1090 g/mol. The molecule has 0 atom stereocenters. The van der Waals surface area contributed by atoms with Gasteiger partial charge in [-0.2, -0.15) is 0 Å². The fraction of sp³-hybridized carbons (Fsp3) is 0.140. The summed E-state index contributed by atoms with van der Waals surface area (Å²) in [6.45, 7) is 2.73. The van der Waals surface area contributed by atoms with E-state index in [1.807, 2.05) is 117 Å². The number of halogens is 1. The summed E-state index contributed by atoms with van der Waals surface area (Å²) in [5.41, 5.74) is 8.84. The predicted octanol–water partition coefficient (Wildman–Crippen LogP) is 9.69. The molecule has 0 amide bonds. The molecule has 81 heavy (non-hydrogen) atoms. The number of benzene rings is 4. The summed E-state index contributed by atoms with van der Waals surface area (Å²) in [6, 6.07) is 30.8. The van der Waals surface area contributed by atoms with Crippen LogP contribution in [-0.2, 0) is 36.3 Å². The van der Waals surface area contributed by atoms with Crippen molar-refractivity contribution in [3.05, 3.63) is 199 Å². The van der Waals surface area contributed by atoms with Crippen LogP contribution in [0.5, 0.6) is 17.2 Å². The van der Waals surface area contributed by atoms with Crippen molar-refractivity contribution in [1.82, 2.24) is 52.7 Å². The topological polar surface area (TPSA) is 264 Å². The number of anilines is 3. The third-order valence-electron chi connectivity index (χ3n) is 12.8. The van der Waals surface area contributed by atoms with Crippen molar-refractivity contribution in [3.8, 4) is 50.3 Å². The van der Waals surface area contributed by atoms with E-state index < -0.39 is 10.0 Å². The van der Waals surface area contributed by atoms with Gasteiger partial charge in [-0.25, -0.2) is 48.4 Å². The fourth-order valence-corrected chi connectivity index (χ4v) is 10.3. The summed E-state index contributed by atoms with van der Waals surface area (Å²) < 4.78 is 41.4. The number of rotatable bonds is 18. The Kier molecular flexibility index (Phi) is 17.1. The molecule has 24 heteroatoms. The van der Waals surface area contributed by atoms with E-state index in [4.69, 9.17) is 26.2 Å². The van der Waals surface area contributed by atoms with Crippen LogP contribution >= 0.6 is 22.9 Å². The highest BCUT2D eigenvalue weighted by Crippen LogP contribution is 2.34. The minimum Gasteiger partial charge on any atom is -0.508 e. The fourth-order valence-electron chi connectivity index (χ4n) is 8.66. The molecule has 0 spiro atoms. The molecular formula is C57H54ClN15O6S2. The Balaban J connectivity index is 0.000000137. The molecule has 0 fully saturated rings. The van der Waals surface area contributed by atoms with E-state index in [9.17, 15) is 18.6 Å². The summed E-state index contributed by atoms with van der Waals surface area (Å²) in [6.07, 6.45) is 22.7. The van der Waals surface area contributed by atoms with E-state index in [0.717, 1.165) is 90.7 Å². The molecule has 0 radical (unpaired) electrons. The molecule has 12 aromatic rings. The Bertz CT molecular complexity index is 4170. The summed E-state index contributed by atoms with van der Waals surface area (Å²) in [4.78, 5) is 32.8. The second kappa shape index (κ2) is 25.2. The highest BCUT2D eigenvalue weighted by molar-refractivity contribution is 7.89. The summed E-state index contributed by atoms with van der Waals surface area (Å²) in [5, 5.41) is 34.5. The number of ether oxygens (including phenoxy) is 2. The van der Waals surface area contributed by atoms with Gasteiger partial charge in [0.25, 0.3) is 0 Å². The van der Waals surface area contributed by atoms with E-state index in [1.165, 1.54) is 23.5 Å². The van der Waals surface area contributed by atoms with Crippen molar-refractivity contribution < 1.29 is 28.1 Å². The number of hydrogen-bond acceptors (Lipinski definition) is 17. The molecule has 0 aliphatic carbocycles. The van der Waals surface area contributed by atoms with Gasteiger partial charge in [0.2, 0.25) is 10.0 Å². The summed E-state index contributed by atoms with van der Waals surface area (Å²) in [5.74, 6) is 3.68. The second-order valence-corrected chi connectivity index (χ2v) is 21.1. The number of phenolic OH excluding ortho intramolecular Hbond substituents is 1. The van der Waals surface area contributed by atoms with Gasteiger partial charge in [-0.05, 0) is 90.3 Å². The van der Waals surface area contributed by atoms with Gasteiger partial charge in [-0.15, -0.1) is 11.3 Å². The first-order valence-electron chi connectivity index (χ1n) is 25.2. The lowest BCUT2D eigenvalue weighted by Gasteiger charge is -2.10. The van der Waals surface area contributed by atoms with Crippen molar-refractivity contribution in [1.29, 1.82) is 0 Å². The van der Waals surface area contributed by atoms with Crippen LogP contribution in [-0.4, -0.2) is 92.1 Å². The van der Waals surface area contributed by atoms with Gasteiger partial charge >= 0.3 is 0 Å². The zero-order valence-corrected chi connectivity index (χ0v) is 46.1. The van der Waals surface area contributed by atoms with E-state index in [-0.39, 0.29) is 17.3 Å². The lowest BCUT2D eigenvalue weighted by atomic mass is 10.1. The Hall–Kier alpha value is -9.39. The third-order valence-corrected chi connectivity index (χ3v) is 15.1. The minimum atomic E-state index is -3.70. The maximum atomic E-state index is 11.3. The number of fused-ring (bicyclic) bond motifs is 3. The number of nitrogens with one attached hydrogen (secondary N) is 3. The van der Waals surface area contributed by atoms with Crippen LogP contribution in [0.15, 0.2) is 183 Å². The monoisotopic (exact) mass is 1140 g/mol. The van der Waals surface area contributed by atoms with Crippen LogP contribution in [0, 0.1) is 0 Å². The van der Waals surface area contributed by atoms with Crippen molar-refractivity contribution in [2.24, 2.45) is 5.14 Å². The van der Waals surface area contributed by atoms with Gasteiger partial charge in [0.15, 0.2) is 45.9 Å². The van der Waals surface area contributed by atoms with Crippen LogP contribution < -0.4 is 30.6 Å². The van der Waals surface area contributed by atoms with Gasteiger partial charge in [-0.1, -0.05) is 41.9 Å². The summed E-state index contributed by atoms with van der Waals surface area (Å²) >= 11 is 7.72. The van der Waals surface area contributed by atoms with Gasteiger partial charge in [-0.3, -0.25) is 13.2 Å². The minimum absolute atomic E-state index is 0.0139.